The summed E-state index contributed by atoms with van der Waals surface area (Å²) >= 11 is 1.88. The monoisotopic (exact) mass is 583 g/mol. The molecule has 2 aliphatic rings. The summed E-state index contributed by atoms with van der Waals surface area (Å²) in [4.78, 5) is 2.49. The first-order chi connectivity index (χ1) is 21.3. The summed E-state index contributed by atoms with van der Waals surface area (Å²) in [5.74, 6) is 0. The SMILES string of the molecule is CC1(C)c2ccccc2-c2ccc(N3c4ccccc4C(C)(C)c4cc(-c5ccc6sc7ccccc7c6c5)ccc43)cc21. The summed E-state index contributed by atoms with van der Waals surface area (Å²) in [6, 6.07) is 47.8. The topological polar surface area (TPSA) is 3.24 Å². The highest BCUT2D eigenvalue weighted by atomic mass is 32.1. The van der Waals surface area contributed by atoms with Crippen molar-refractivity contribution in [2.45, 2.75) is 38.5 Å². The van der Waals surface area contributed by atoms with Crippen LogP contribution >= 0.6 is 11.3 Å². The molecule has 44 heavy (non-hydrogen) atoms. The van der Waals surface area contributed by atoms with Gasteiger partial charge in [-0.25, -0.2) is 0 Å². The lowest BCUT2D eigenvalue weighted by atomic mass is 9.72. The van der Waals surface area contributed by atoms with Crippen LogP contribution in [0.15, 0.2) is 127 Å². The molecule has 0 unspecified atom stereocenters. The highest BCUT2D eigenvalue weighted by Crippen LogP contribution is 2.55. The molecule has 0 fully saturated rings. The molecule has 7 aromatic rings. The molecule has 1 aliphatic carbocycles. The van der Waals surface area contributed by atoms with Gasteiger partial charge in [-0.2, -0.15) is 0 Å². The minimum Gasteiger partial charge on any atom is -0.310 e. The highest BCUT2D eigenvalue weighted by molar-refractivity contribution is 7.25. The van der Waals surface area contributed by atoms with E-state index >= 15 is 0 Å². The predicted molar refractivity (Wildman–Crippen MR) is 189 cm³/mol. The quantitative estimate of drug-likeness (QED) is 0.196. The fraction of sp³-hybridized carbons (Fsp3) is 0.143. The van der Waals surface area contributed by atoms with Crippen LogP contribution in [0, 0.1) is 0 Å². The zero-order valence-electron chi connectivity index (χ0n) is 25.5. The number of anilines is 3. The Bertz CT molecular complexity index is 2300. The van der Waals surface area contributed by atoms with Crippen molar-refractivity contribution >= 4 is 48.6 Å². The van der Waals surface area contributed by atoms with Gasteiger partial charge in [0.05, 0.1) is 11.4 Å². The smallest absolute Gasteiger partial charge is 0.0503 e. The average molecular weight is 584 g/mol. The number of nitrogens with zero attached hydrogens (tertiary/aromatic N) is 1. The summed E-state index contributed by atoms with van der Waals surface area (Å²) in [5, 5.41) is 2.68. The first-order valence-corrected chi connectivity index (χ1v) is 16.3. The zero-order valence-corrected chi connectivity index (χ0v) is 26.3. The number of benzene rings is 6. The van der Waals surface area contributed by atoms with Crippen molar-refractivity contribution in [1.29, 1.82) is 0 Å². The lowest BCUT2D eigenvalue weighted by molar-refractivity contribution is 0.632. The number of para-hydroxylation sites is 1. The average Bonchev–Trinajstić information content (AvgIpc) is 3.53. The van der Waals surface area contributed by atoms with Crippen molar-refractivity contribution in [3.63, 3.8) is 0 Å². The molecule has 2 heterocycles. The van der Waals surface area contributed by atoms with E-state index in [2.05, 4.69) is 160 Å². The van der Waals surface area contributed by atoms with Gasteiger partial charge in [0.1, 0.15) is 0 Å². The molecular weight excluding hydrogens is 551 g/mol. The van der Waals surface area contributed by atoms with Crippen molar-refractivity contribution in [3.05, 3.63) is 150 Å². The Kier molecular flexibility index (Phi) is 5.24. The number of fused-ring (bicyclic) bond motifs is 8. The van der Waals surface area contributed by atoms with Crippen molar-refractivity contribution in [2.24, 2.45) is 0 Å². The first-order valence-electron chi connectivity index (χ1n) is 15.5. The summed E-state index contributed by atoms with van der Waals surface area (Å²) in [6.45, 7) is 9.48. The van der Waals surface area contributed by atoms with Gasteiger partial charge in [0.25, 0.3) is 0 Å². The standard InChI is InChI=1S/C42H33NS/c1-41(2)33-13-7-5-11-29(33)30-20-19-28(25-35(30)41)43-37-15-9-8-14-34(37)42(3,4)36-24-27(17-21-38(36)43)26-18-22-40-32(23-26)31-12-6-10-16-39(31)44-40/h5-25H,1-4H3. The molecule has 1 aromatic heterocycles. The van der Waals surface area contributed by atoms with Crippen LogP contribution in [0.5, 0.6) is 0 Å². The van der Waals surface area contributed by atoms with Gasteiger partial charge in [0.2, 0.25) is 0 Å². The van der Waals surface area contributed by atoms with Crippen LogP contribution in [0.3, 0.4) is 0 Å². The minimum atomic E-state index is -0.149. The molecule has 0 amide bonds. The van der Waals surface area contributed by atoms with E-state index in [1.165, 1.54) is 81.7 Å². The Morgan fingerprint density at radius 3 is 1.98 bits per heavy atom. The molecule has 2 heteroatoms. The van der Waals surface area contributed by atoms with E-state index in [9.17, 15) is 0 Å². The number of rotatable bonds is 2. The van der Waals surface area contributed by atoms with Crippen LogP contribution in [-0.4, -0.2) is 0 Å². The van der Waals surface area contributed by atoms with Crippen LogP contribution < -0.4 is 4.90 Å². The molecule has 6 aromatic carbocycles. The Hall–Kier alpha value is -4.66. The van der Waals surface area contributed by atoms with Crippen LogP contribution in [-0.2, 0) is 10.8 Å². The Labute approximate surface area is 263 Å². The maximum atomic E-state index is 2.49. The molecule has 0 atom stereocenters. The van der Waals surface area contributed by atoms with Crippen LogP contribution in [0.25, 0.3) is 42.4 Å². The third-order valence-electron chi connectivity index (χ3n) is 10.3. The largest absolute Gasteiger partial charge is 0.310 e. The fourth-order valence-electron chi connectivity index (χ4n) is 7.90. The van der Waals surface area contributed by atoms with E-state index in [1.807, 2.05) is 11.3 Å². The van der Waals surface area contributed by atoms with E-state index in [1.54, 1.807) is 0 Å². The fourth-order valence-corrected chi connectivity index (χ4v) is 8.98. The third kappa shape index (κ3) is 3.46. The molecular formula is C42H33NS. The maximum Gasteiger partial charge on any atom is 0.0503 e. The molecule has 0 saturated heterocycles. The van der Waals surface area contributed by atoms with Crippen molar-refractivity contribution in [2.75, 3.05) is 4.90 Å². The third-order valence-corrected chi connectivity index (χ3v) is 11.4. The normalized spacial score (nSPS) is 15.6. The van der Waals surface area contributed by atoms with Crippen molar-refractivity contribution in [3.8, 4) is 22.3 Å². The lowest BCUT2D eigenvalue weighted by Crippen LogP contribution is -2.30. The summed E-state index contributed by atoms with van der Waals surface area (Å²) in [7, 11) is 0. The maximum absolute atomic E-state index is 2.49. The van der Waals surface area contributed by atoms with E-state index in [0.29, 0.717) is 0 Å². The molecule has 9 rings (SSSR count). The van der Waals surface area contributed by atoms with Crippen LogP contribution in [0.2, 0.25) is 0 Å². The van der Waals surface area contributed by atoms with E-state index < -0.39 is 0 Å². The van der Waals surface area contributed by atoms with Gasteiger partial charge in [-0.15, -0.1) is 11.3 Å². The van der Waals surface area contributed by atoms with Gasteiger partial charge in [-0.1, -0.05) is 107 Å². The van der Waals surface area contributed by atoms with E-state index in [4.69, 9.17) is 0 Å². The summed E-state index contributed by atoms with van der Waals surface area (Å²) < 4.78 is 2.69. The molecule has 1 nitrogen and oxygen atoms in total. The molecule has 0 bridgehead atoms. The summed E-state index contributed by atoms with van der Waals surface area (Å²) in [5.41, 5.74) is 14.3. The van der Waals surface area contributed by atoms with E-state index in [-0.39, 0.29) is 10.8 Å². The zero-order chi connectivity index (χ0) is 29.8. The first kappa shape index (κ1) is 25.8. The molecule has 212 valence electrons. The van der Waals surface area contributed by atoms with E-state index in [0.717, 1.165) is 0 Å². The lowest BCUT2D eigenvalue weighted by Gasteiger charge is -2.42. The predicted octanol–water partition coefficient (Wildman–Crippen LogP) is 12.1. The van der Waals surface area contributed by atoms with Gasteiger partial charge in [0.15, 0.2) is 0 Å². The van der Waals surface area contributed by atoms with Crippen molar-refractivity contribution in [1.82, 2.24) is 0 Å². The number of hydrogen-bond donors (Lipinski definition) is 0. The number of thiophene rings is 1. The molecule has 0 N–H and O–H groups in total. The molecule has 0 saturated carbocycles. The van der Waals surface area contributed by atoms with Crippen LogP contribution in [0.4, 0.5) is 17.1 Å². The van der Waals surface area contributed by atoms with Gasteiger partial charge in [0, 0.05) is 36.7 Å². The van der Waals surface area contributed by atoms with Gasteiger partial charge < -0.3 is 4.90 Å². The van der Waals surface area contributed by atoms with Crippen LogP contribution in [0.1, 0.15) is 49.9 Å². The second-order valence-electron chi connectivity index (χ2n) is 13.4. The van der Waals surface area contributed by atoms with Gasteiger partial charge in [-0.3, -0.25) is 0 Å². The highest BCUT2D eigenvalue weighted by Gasteiger charge is 2.39. The Balaban J connectivity index is 1.23. The minimum absolute atomic E-state index is 0.0479. The second-order valence-corrected chi connectivity index (χ2v) is 14.5. The van der Waals surface area contributed by atoms with Crippen molar-refractivity contribution < 1.29 is 0 Å². The molecule has 0 radical (unpaired) electrons. The van der Waals surface area contributed by atoms with Gasteiger partial charge in [-0.05, 0) is 93.0 Å². The Morgan fingerprint density at radius 1 is 0.455 bits per heavy atom. The number of hydrogen-bond acceptors (Lipinski definition) is 2. The summed E-state index contributed by atoms with van der Waals surface area (Å²) in [6.07, 6.45) is 0. The second kappa shape index (κ2) is 8.94. The molecule has 0 spiro atoms. The molecule has 1 aliphatic heterocycles. The van der Waals surface area contributed by atoms with Gasteiger partial charge >= 0.3 is 0 Å². The Morgan fingerprint density at radius 2 is 1.09 bits per heavy atom.